The third-order valence-electron chi connectivity index (χ3n) is 4.69. The molecule has 1 aliphatic heterocycles. The summed E-state index contributed by atoms with van der Waals surface area (Å²) in [7, 11) is 4.54. The Morgan fingerprint density at radius 2 is 1.71 bits per heavy atom. The first kappa shape index (κ1) is 19.5. The number of hydrogen-bond donors (Lipinski definition) is 0. The monoisotopic (exact) mass is 385 g/mol. The van der Waals surface area contributed by atoms with Gasteiger partial charge < -0.3 is 18.9 Å². The molecule has 1 heterocycles. The van der Waals surface area contributed by atoms with Gasteiger partial charge in [0.15, 0.2) is 0 Å². The summed E-state index contributed by atoms with van der Waals surface area (Å²) in [5.41, 5.74) is 1.58. The zero-order valence-electron chi connectivity index (χ0n) is 16.1. The number of hydrogen-bond acceptors (Lipinski definition) is 6. The number of imide groups is 1. The van der Waals surface area contributed by atoms with E-state index in [1.54, 1.807) is 12.1 Å². The van der Waals surface area contributed by atoms with Gasteiger partial charge in [0.05, 0.1) is 33.8 Å². The van der Waals surface area contributed by atoms with Gasteiger partial charge in [-0.3, -0.25) is 4.79 Å². The Labute approximate surface area is 163 Å². The van der Waals surface area contributed by atoms with E-state index in [2.05, 4.69) is 0 Å². The van der Waals surface area contributed by atoms with Crippen LogP contribution >= 0.6 is 0 Å². The summed E-state index contributed by atoms with van der Waals surface area (Å²) >= 11 is 0. The number of methoxy groups -OCH3 is 3. The van der Waals surface area contributed by atoms with E-state index in [-0.39, 0.29) is 25.0 Å². The summed E-state index contributed by atoms with van der Waals surface area (Å²) in [5, 5.41) is 0. The molecule has 0 unspecified atom stereocenters. The normalized spacial score (nSPS) is 15.9. The zero-order chi connectivity index (χ0) is 20.1. The van der Waals surface area contributed by atoms with Crippen molar-refractivity contribution >= 4 is 12.0 Å². The zero-order valence-corrected chi connectivity index (χ0v) is 16.1. The van der Waals surface area contributed by atoms with E-state index in [1.807, 2.05) is 30.3 Å². The molecule has 7 nitrogen and oxygen atoms in total. The Morgan fingerprint density at radius 3 is 2.29 bits per heavy atom. The van der Waals surface area contributed by atoms with Crippen molar-refractivity contribution in [2.45, 2.75) is 18.9 Å². The highest BCUT2D eigenvalue weighted by atomic mass is 16.6. The first-order valence-corrected chi connectivity index (χ1v) is 8.89. The standard InChI is InChI=1S/C21H23NO6/c1-25-16-10-18(26-2)17(19(11-16)27-3)12-20(23)22-15(13-28-21(22)24)9-14-7-5-4-6-8-14/h4-8,10-11,15H,9,12-13H2,1-3H3/t15-/m1/s1. The number of rotatable bonds is 7. The molecule has 0 radical (unpaired) electrons. The lowest BCUT2D eigenvalue weighted by atomic mass is 10.0. The van der Waals surface area contributed by atoms with Crippen LogP contribution in [0.2, 0.25) is 0 Å². The number of carbonyl (C=O) groups excluding carboxylic acids is 2. The Kier molecular flexibility index (Phi) is 6.03. The molecule has 1 saturated heterocycles. The number of ether oxygens (including phenoxy) is 4. The minimum atomic E-state index is -0.627. The van der Waals surface area contributed by atoms with Crippen LogP contribution < -0.4 is 14.2 Å². The van der Waals surface area contributed by atoms with Crippen molar-refractivity contribution in [1.29, 1.82) is 0 Å². The van der Waals surface area contributed by atoms with Gasteiger partial charge in [-0.1, -0.05) is 30.3 Å². The number of amides is 2. The lowest BCUT2D eigenvalue weighted by Crippen LogP contribution is -2.41. The van der Waals surface area contributed by atoms with Gasteiger partial charge in [0, 0.05) is 17.7 Å². The third kappa shape index (κ3) is 4.03. The lowest BCUT2D eigenvalue weighted by molar-refractivity contribution is -0.128. The van der Waals surface area contributed by atoms with Gasteiger partial charge in [-0.15, -0.1) is 0 Å². The van der Waals surface area contributed by atoms with E-state index < -0.39 is 6.09 Å². The lowest BCUT2D eigenvalue weighted by Gasteiger charge is -2.21. The van der Waals surface area contributed by atoms with Crippen LogP contribution in [0.15, 0.2) is 42.5 Å². The van der Waals surface area contributed by atoms with Crippen molar-refractivity contribution in [3.05, 3.63) is 53.6 Å². The smallest absolute Gasteiger partial charge is 0.416 e. The number of cyclic esters (lactones) is 1. The fourth-order valence-electron chi connectivity index (χ4n) is 3.29. The van der Waals surface area contributed by atoms with E-state index in [4.69, 9.17) is 18.9 Å². The van der Waals surface area contributed by atoms with Crippen LogP contribution in [0.25, 0.3) is 0 Å². The van der Waals surface area contributed by atoms with Gasteiger partial charge in [-0.25, -0.2) is 9.69 Å². The second-order valence-electron chi connectivity index (χ2n) is 6.37. The molecule has 0 saturated carbocycles. The van der Waals surface area contributed by atoms with Crippen molar-refractivity contribution in [2.75, 3.05) is 27.9 Å². The Morgan fingerprint density at radius 1 is 1.07 bits per heavy atom. The maximum Gasteiger partial charge on any atom is 0.416 e. The van der Waals surface area contributed by atoms with Crippen LogP contribution in [0.5, 0.6) is 17.2 Å². The van der Waals surface area contributed by atoms with Gasteiger partial charge in [0.1, 0.15) is 23.9 Å². The molecule has 2 aromatic rings. The summed E-state index contributed by atoms with van der Waals surface area (Å²) in [6.45, 7) is 0.177. The summed E-state index contributed by atoms with van der Waals surface area (Å²) < 4.78 is 21.2. The highest BCUT2D eigenvalue weighted by Gasteiger charge is 2.38. The first-order chi connectivity index (χ1) is 13.6. The average Bonchev–Trinajstić information content (AvgIpc) is 3.08. The van der Waals surface area contributed by atoms with Crippen molar-refractivity contribution in [1.82, 2.24) is 4.90 Å². The van der Waals surface area contributed by atoms with Crippen LogP contribution in [-0.2, 0) is 22.4 Å². The van der Waals surface area contributed by atoms with Crippen LogP contribution in [0, 0.1) is 0 Å². The van der Waals surface area contributed by atoms with Gasteiger partial charge in [-0.05, 0) is 12.0 Å². The average molecular weight is 385 g/mol. The Balaban J connectivity index is 1.84. The first-order valence-electron chi connectivity index (χ1n) is 8.89. The van der Waals surface area contributed by atoms with Crippen molar-refractivity contribution in [3.8, 4) is 17.2 Å². The van der Waals surface area contributed by atoms with E-state index in [1.165, 1.54) is 26.2 Å². The summed E-state index contributed by atoms with van der Waals surface area (Å²) in [6, 6.07) is 12.7. The predicted molar refractivity (Wildman–Crippen MR) is 102 cm³/mol. The molecule has 0 aliphatic carbocycles. The number of carbonyl (C=O) groups is 2. The second kappa shape index (κ2) is 8.65. The molecular formula is C21H23NO6. The van der Waals surface area contributed by atoms with Crippen LogP contribution in [-0.4, -0.2) is 50.9 Å². The second-order valence-corrected chi connectivity index (χ2v) is 6.37. The van der Waals surface area contributed by atoms with Gasteiger partial charge in [0.2, 0.25) is 5.91 Å². The molecular weight excluding hydrogens is 362 g/mol. The van der Waals surface area contributed by atoms with Gasteiger partial charge in [0.25, 0.3) is 0 Å². The molecule has 3 rings (SSSR count). The van der Waals surface area contributed by atoms with E-state index in [0.29, 0.717) is 29.2 Å². The topological polar surface area (TPSA) is 74.3 Å². The molecule has 7 heteroatoms. The minimum Gasteiger partial charge on any atom is -0.496 e. The SMILES string of the molecule is COc1cc(OC)c(CC(=O)N2C(=O)OC[C@H]2Cc2ccccc2)c(OC)c1. The number of benzene rings is 2. The van der Waals surface area contributed by atoms with Crippen LogP contribution in [0.1, 0.15) is 11.1 Å². The molecule has 0 spiro atoms. The van der Waals surface area contributed by atoms with Crippen LogP contribution in [0.3, 0.4) is 0 Å². The Bertz CT molecular complexity index is 826. The van der Waals surface area contributed by atoms with E-state index in [0.717, 1.165) is 5.56 Å². The maximum absolute atomic E-state index is 13.0. The molecule has 2 amide bonds. The van der Waals surface area contributed by atoms with E-state index >= 15 is 0 Å². The molecule has 0 bridgehead atoms. The molecule has 1 fully saturated rings. The largest absolute Gasteiger partial charge is 0.496 e. The summed E-state index contributed by atoms with van der Waals surface area (Å²) in [4.78, 5) is 26.4. The molecule has 0 aromatic heterocycles. The van der Waals surface area contributed by atoms with Gasteiger partial charge >= 0.3 is 6.09 Å². The van der Waals surface area contributed by atoms with Crippen LogP contribution in [0.4, 0.5) is 4.79 Å². The Hall–Kier alpha value is -3.22. The maximum atomic E-state index is 13.0. The van der Waals surface area contributed by atoms with Crippen molar-refractivity contribution in [2.24, 2.45) is 0 Å². The summed E-state index contributed by atoms with van der Waals surface area (Å²) in [5.74, 6) is 1.09. The third-order valence-corrected chi connectivity index (χ3v) is 4.69. The molecule has 1 atom stereocenters. The predicted octanol–water partition coefficient (Wildman–Crippen LogP) is 2.85. The van der Waals surface area contributed by atoms with Gasteiger partial charge in [-0.2, -0.15) is 0 Å². The highest BCUT2D eigenvalue weighted by molar-refractivity contribution is 5.95. The molecule has 1 aliphatic rings. The molecule has 2 aromatic carbocycles. The molecule has 0 N–H and O–H groups in total. The summed E-state index contributed by atoms with van der Waals surface area (Å²) in [6.07, 6.45) is -0.149. The molecule has 148 valence electrons. The molecule has 28 heavy (non-hydrogen) atoms. The quantitative estimate of drug-likeness (QED) is 0.730. The highest BCUT2D eigenvalue weighted by Crippen LogP contribution is 2.35. The van der Waals surface area contributed by atoms with E-state index in [9.17, 15) is 9.59 Å². The van der Waals surface area contributed by atoms with Crippen molar-refractivity contribution < 1.29 is 28.5 Å². The van der Waals surface area contributed by atoms with Crippen molar-refractivity contribution in [3.63, 3.8) is 0 Å². The fraction of sp³-hybridized carbons (Fsp3) is 0.333. The fourth-order valence-corrected chi connectivity index (χ4v) is 3.29. The number of nitrogens with zero attached hydrogens (tertiary/aromatic N) is 1. The minimum absolute atomic E-state index is 0.0588.